The van der Waals surface area contributed by atoms with Crippen molar-refractivity contribution in [2.75, 3.05) is 6.54 Å². The minimum absolute atomic E-state index is 0.832. The summed E-state index contributed by atoms with van der Waals surface area (Å²) in [6.07, 6.45) is 3.25. The summed E-state index contributed by atoms with van der Waals surface area (Å²) in [5.41, 5.74) is 1.20. The molecule has 0 fully saturated rings. The van der Waals surface area contributed by atoms with Crippen LogP contribution in [-0.2, 0) is 0 Å². The van der Waals surface area contributed by atoms with Crippen molar-refractivity contribution < 1.29 is 0 Å². The third-order valence-electron chi connectivity index (χ3n) is 1.29. The number of hydrogen-bond acceptors (Lipinski definition) is 3. The summed E-state index contributed by atoms with van der Waals surface area (Å²) in [5, 5.41) is 11.2. The van der Waals surface area contributed by atoms with E-state index < -0.39 is 0 Å². The van der Waals surface area contributed by atoms with E-state index in [0.29, 0.717) is 0 Å². The Bertz CT molecular complexity index is 137. The van der Waals surface area contributed by atoms with Gasteiger partial charge < -0.3 is 0 Å². The molecule has 0 saturated heterocycles. The normalized spacial score (nSPS) is 17.7. The molecule has 0 unspecified atom stereocenters. The second kappa shape index (κ2) is 3.33. The molecular weight excluding hydrogens is 114 g/mol. The minimum Gasteiger partial charge on any atom is -0.169 e. The molecule has 0 atom stereocenters. The lowest BCUT2D eigenvalue weighted by molar-refractivity contribution is 0.816. The van der Waals surface area contributed by atoms with Crippen LogP contribution in [0.1, 0.15) is 26.2 Å². The molecule has 0 aromatic carbocycles. The van der Waals surface area contributed by atoms with Crippen molar-refractivity contribution in [3.05, 3.63) is 0 Å². The molecule has 0 N–H and O–H groups in total. The molecule has 50 valence electrons. The van der Waals surface area contributed by atoms with Crippen LogP contribution in [-0.4, -0.2) is 12.3 Å². The predicted octanol–water partition coefficient (Wildman–Crippen LogP) is 2.00. The molecule has 0 radical (unpaired) electrons. The molecule has 0 aromatic heterocycles. The lowest BCUT2D eigenvalue weighted by atomic mass is 10.1. The van der Waals surface area contributed by atoms with Gasteiger partial charge in [-0.15, -0.1) is 5.10 Å². The number of nitrogens with zero attached hydrogens (tertiary/aromatic N) is 3. The quantitative estimate of drug-likeness (QED) is 0.541. The molecule has 1 heterocycles. The zero-order valence-corrected chi connectivity index (χ0v) is 5.67. The average molecular weight is 125 g/mol. The maximum absolute atomic E-state index is 3.89. The van der Waals surface area contributed by atoms with E-state index in [0.717, 1.165) is 25.8 Å². The van der Waals surface area contributed by atoms with E-state index in [9.17, 15) is 0 Å². The summed E-state index contributed by atoms with van der Waals surface area (Å²) in [6.45, 7) is 2.98. The maximum Gasteiger partial charge on any atom is 0.0674 e. The molecule has 1 rings (SSSR count). The summed E-state index contributed by atoms with van der Waals surface area (Å²) in [4.78, 5) is 0. The Morgan fingerprint density at radius 2 is 2.44 bits per heavy atom. The molecule has 0 saturated carbocycles. The molecule has 0 amide bonds. The highest BCUT2D eigenvalue weighted by Crippen LogP contribution is 2.02. The zero-order valence-electron chi connectivity index (χ0n) is 5.67. The van der Waals surface area contributed by atoms with Crippen molar-refractivity contribution in [2.24, 2.45) is 15.4 Å². The van der Waals surface area contributed by atoms with E-state index in [2.05, 4.69) is 22.4 Å². The van der Waals surface area contributed by atoms with Gasteiger partial charge in [0.2, 0.25) is 0 Å². The van der Waals surface area contributed by atoms with Gasteiger partial charge in [0, 0.05) is 12.1 Å². The van der Waals surface area contributed by atoms with Crippen LogP contribution in [0.25, 0.3) is 0 Å². The molecule has 1 aliphatic heterocycles. The monoisotopic (exact) mass is 125 g/mol. The number of rotatable bonds is 2. The van der Waals surface area contributed by atoms with Gasteiger partial charge in [-0.3, -0.25) is 0 Å². The molecule has 0 bridgehead atoms. The molecule has 1 aliphatic rings. The largest absolute Gasteiger partial charge is 0.169 e. The molecule has 0 aromatic rings. The zero-order chi connectivity index (χ0) is 6.53. The SMILES string of the molecule is CCCC1=NN=NCC1. The van der Waals surface area contributed by atoms with Gasteiger partial charge in [-0.2, -0.15) is 5.11 Å². The van der Waals surface area contributed by atoms with Crippen LogP contribution in [0, 0.1) is 0 Å². The van der Waals surface area contributed by atoms with Crippen LogP contribution in [0.2, 0.25) is 0 Å². The Balaban J connectivity index is 2.38. The first-order valence-electron chi connectivity index (χ1n) is 3.35. The van der Waals surface area contributed by atoms with E-state index >= 15 is 0 Å². The fraction of sp³-hybridized carbons (Fsp3) is 0.833. The van der Waals surface area contributed by atoms with Gasteiger partial charge in [0.15, 0.2) is 0 Å². The highest BCUT2D eigenvalue weighted by molar-refractivity contribution is 5.84. The van der Waals surface area contributed by atoms with Gasteiger partial charge in [0.05, 0.1) is 6.54 Å². The molecule has 0 spiro atoms. The third kappa shape index (κ3) is 1.91. The van der Waals surface area contributed by atoms with Gasteiger partial charge in [-0.1, -0.05) is 13.3 Å². The standard InChI is InChI=1S/C6H11N3/c1-2-3-6-4-5-7-9-8-6/h2-5H2,1H3. The molecule has 3 heteroatoms. The Kier molecular flexibility index (Phi) is 2.36. The Morgan fingerprint density at radius 3 is 3.00 bits per heavy atom. The summed E-state index contributed by atoms with van der Waals surface area (Å²) < 4.78 is 0. The lowest BCUT2D eigenvalue weighted by Crippen LogP contribution is -2.01. The first-order chi connectivity index (χ1) is 4.43. The van der Waals surface area contributed by atoms with Gasteiger partial charge in [0.1, 0.15) is 0 Å². The van der Waals surface area contributed by atoms with E-state index in [-0.39, 0.29) is 0 Å². The second-order valence-corrected chi connectivity index (χ2v) is 2.12. The maximum atomic E-state index is 3.89. The summed E-state index contributed by atoms with van der Waals surface area (Å²) in [7, 11) is 0. The summed E-state index contributed by atoms with van der Waals surface area (Å²) in [5.74, 6) is 0. The third-order valence-corrected chi connectivity index (χ3v) is 1.29. The molecule has 9 heavy (non-hydrogen) atoms. The average Bonchev–Trinajstić information content (AvgIpc) is 1.91. The first-order valence-corrected chi connectivity index (χ1v) is 3.35. The smallest absolute Gasteiger partial charge is 0.0674 e. The van der Waals surface area contributed by atoms with Crippen molar-refractivity contribution in [1.82, 2.24) is 0 Å². The van der Waals surface area contributed by atoms with Crippen LogP contribution < -0.4 is 0 Å². The van der Waals surface area contributed by atoms with E-state index in [1.807, 2.05) is 0 Å². The molecule has 0 aliphatic carbocycles. The van der Waals surface area contributed by atoms with E-state index in [4.69, 9.17) is 0 Å². The minimum atomic E-state index is 0.832. The van der Waals surface area contributed by atoms with Gasteiger partial charge in [-0.25, -0.2) is 0 Å². The van der Waals surface area contributed by atoms with Crippen molar-refractivity contribution in [2.45, 2.75) is 26.2 Å². The van der Waals surface area contributed by atoms with Crippen molar-refractivity contribution in [3.8, 4) is 0 Å². The molecule has 3 nitrogen and oxygen atoms in total. The topological polar surface area (TPSA) is 37.1 Å². The van der Waals surface area contributed by atoms with Gasteiger partial charge in [0.25, 0.3) is 0 Å². The summed E-state index contributed by atoms with van der Waals surface area (Å²) in [6, 6.07) is 0. The molecular formula is C6H11N3. The van der Waals surface area contributed by atoms with Crippen LogP contribution >= 0.6 is 0 Å². The van der Waals surface area contributed by atoms with Crippen LogP contribution in [0.4, 0.5) is 0 Å². The highest BCUT2D eigenvalue weighted by Gasteiger charge is 2.00. The Labute approximate surface area is 54.9 Å². The van der Waals surface area contributed by atoms with E-state index in [1.165, 1.54) is 5.71 Å². The fourth-order valence-corrected chi connectivity index (χ4v) is 0.832. The van der Waals surface area contributed by atoms with E-state index in [1.54, 1.807) is 0 Å². The lowest BCUT2D eigenvalue weighted by Gasteiger charge is -2.01. The second-order valence-electron chi connectivity index (χ2n) is 2.12. The highest BCUT2D eigenvalue weighted by atomic mass is 15.4. The Hall–Kier alpha value is -0.730. The van der Waals surface area contributed by atoms with Crippen molar-refractivity contribution in [1.29, 1.82) is 0 Å². The van der Waals surface area contributed by atoms with Crippen LogP contribution in [0.5, 0.6) is 0 Å². The summed E-state index contributed by atoms with van der Waals surface area (Å²) >= 11 is 0. The van der Waals surface area contributed by atoms with Crippen molar-refractivity contribution in [3.63, 3.8) is 0 Å². The van der Waals surface area contributed by atoms with Gasteiger partial charge in [-0.05, 0) is 11.6 Å². The van der Waals surface area contributed by atoms with Crippen LogP contribution in [0.3, 0.4) is 0 Å². The fourth-order valence-electron chi connectivity index (χ4n) is 0.832. The Morgan fingerprint density at radius 1 is 1.56 bits per heavy atom. The first kappa shape index (κ1) is 6.39. The number of hydrogen-bond donors (Lipinski definition) is 0. The van der Waals surface area contributed by atoms with Crippen molar-refractivity contribution >= 4 is 5.71 Å². The van der Waals surface area contributed by atoms with Crippen LogP contribution in [0.15, 0.2) is 15.4 Å². The van der Waals surface area contributed by atoms with Gasteiger partial charge >= 0.3 is 0 Å². The predicted molar refractivity (Wildman–Crippen MR) is 36.7 cm³/mol.